The lowest BCUT2D eigenvalue weighted by molar-refractivity contribution is 0.589. The number of rotatable bonds is 9. The summed E-state index contributed by atoms with van der Waals surface area (Å²) in [6.07, 6.45) is 25.6. The molecule has 0 radical (unpaired) electrons. The summed E-state index contributed by atoms with van der Waals surface area (Å²) in [5, 5.41) is 3.64. The molecule has 0 saturated heterocycles. The Bertz CT molecular complexity index is 2380. The summed E-state index contributed by atoms with van der Waals surface area (Å²) in [7, 11) is 2.05. The molecule has 0 bridgehead atoms. The lowest BCUT2D eigenvalue weighted by Crippen LogP contribution is -2.25. The van der Waals surface area contributed by atoms with Crippen LogP contribution in [0, 0.1) is 0 Å². The fourth-order valence-electron chi connectivity index (χ4n) is 9.91. The number of nitrogens with zero attached hydrogens (tertiary/aromatic N) is 1. The highest BCUT2D eigenvalue weighted by atomic mass is 32.1. The summed E-state index contributed by atoms with van der Waals surface area (Å²) in [4.78, 5) is 0. The van der Waals surface area contributed by atoms with Gasteiger partial charge in [0.25, 0.3) is 0 Å². The Kier molecular flexibility index (Phi) is 14.8. The lowest BCUT2D eigenvalue weighted by atomic mass is 9.76. The molecule has 3 aromatic carbocycles. The minimum absolute atomic E-state index is 0.0818. The average Bonchev–Trinajstić information content (AvgIpc) is 3.80. The molecule has 0 fully saturated rings. The number of nitrogens with one attached hydrogen (secondary N) is 1. The van der Waals surface area contributed by atoms with E-state index in [0.717, 1.165) is 31.4 Å². The number of thiol groups is 1. The first-order valence-electron chi connectivity index (χ1n) is 21.8. The van der Waals surface area contributed by atoms with Crippen LogP contribution in [-0.4, -0.2) is 17.9 Å². The fraction of sp³-hybridized carbons (Fsp3) is 0.321. The van der Waals surface area contributed by atoms with Crippen LogP contribution in [0.15, 0.2) is 139 Å². The molecule has 0 spiro atoms. The van der Waals surface area contributed by atoms with Crippen molar-refractivity contribution in [2.24, 2.45) is 0 Å². The molecule has 0 aliphatic heterocycles. The Morgan fingerprint density at radius 3 is 2.00 bits per heavy atom. The van der Waals surface area contributed by atoms with Gasteiger partial charge in [-0.2, -0.15) is 12.6 Å². The molecule has 3 heteroatoms. The molecule has 0 saturated carbocycles. The maximum atomic E-state index is 4.41. The molecule has 1 aromatic heterocycles. The van der Waals surface area contributed by atoms with Crippen LogP contribution >= 0.6 is 12.6 Å². The number of fused-ring (bicyclic) bond motifs is 6. The summed E-state index contributed by atoms with van der Waals surface area (Å²) >= 11 is 3.53. The van der Waals surface area contributed by atoms with E-state index in [4.69, 9.17) is 0 Å². The van der Waals surface area contributed by atoms with Crippen molar-refractivity contribution in [3.63, 3.8) is 0 Å². The summed E-state index contributed by atoms with van der Waals surface area (Å²) in [5.74, 6) is 0. The Labute approximate surface area is 363 Å². The number of likely N-dealkylation sites (N-methyl/N-ethyl adjacent to an activating group) is 1. The summed E-state index contributed by atoms with van der Waals surface area (Å²) in [5.41, 5.74) is 21.8. The summed E-state index contributed by atoms with van der Waals surface area (Å²) in [6, 6.07) is 25.0. The predicted octanol–water partition coefficient (Wildman–Crippen LogP) is 15.3. The average molecular weight is 801 g/mol. The SMILES string of the molecule is C=C/C=C\C=C(\NC)C(c1ccc2c(c1)C(C)(C)c1ccccc1-2)n1c(/C=C\C)c(C=C)c2c1CCC(C1=CC3=C(CC1)C(C)(C)c1ccccc13)=C2.CC.CC.CS. The van der Waals surface area contributed by atoms with Gasteiger partial charge in [0.1, 0.15) is 0 Å². The van der Waals surface area contributed by atoms with Crippen molar-refractivity contribution in [2.75, 3.05) is 13.3 Å². The van der Waals surface area contributed by atoms with E-state index in [0.29, 0.717) is 0 Å². The predicted molar refractivity (Wildman–Crippen MR) is 265 cm³/mol. The van der Waals surface area contributed by atoms with Crippen LogP contribution in [0.4, 0.5) is 0 Å². The minimum atomic E-state index is -0.0942. The first-order valence-corrected chi connectivity index (χ1v) is 22.7. The zero-order chi connectivity index (χ0) is 43.1. The van der Waals surface area contributed by atoms with Crippen molar-refractivity contribution in [1.29, 1.82) is 0 Å². The van der Waals surface area contributed by atoms with Crippen LogP contribution in [-0.2, 0) is 17.3 Å². The molecule has 1 unspecified atom stereocenters. The van der Waals surface area contributed by atoms with Gasteiger partial charge in [-0.1, -0.05) is 177 Å². The molecule has 59 heavy (non-hydrogen) atoms. The Morgan fingerprint density at radius 2 is 1.36 bits per heavy atom. The molecular weight excluding hydrogens is 733 g/mol. The quantitative estimate of drug-likeness (QED) is 0.127. The summed E-state index contributed by atoms with van der Waals surface area (Å²) in [6.45, 7) is 28.0. The number of allylic oxidation sites excluding steroid dienone is 11. The van der Waals surface area contributed by atoms with E-state index in [9.17, 15) is 0 Å². The Morgan fingerprint density at radius 1 is 0.746 bits per heavy atom. The molecular formula is C56H68N2S. The van der Waals surface area contributed by atoms with Gasteiger partial charge in [0.05, 0.1) is 6.04 Å². The molecule has 4 aliphatic carbocycles. The minimum Gasteiger partial charge on any atom is -0.389 e. The van der Waals surface area contributed by atoms with Crippen LogP contribution < -0.4 is 5.32 Å². The van der Waals surface area contributed by atoms with E-state index in [1.54, 1.807) is 11.8 Å². The Balaban J connectivity index is 0.00000106. The van der Waals surface area contributed by atoms with E-state index in [1.807, 2.05) is 46.9 Å². The largest absolute Gasteiger partial charge is 0.389 e. The number of aromatic nitrogens is 1. The second-order valence-electron chi connectivity index (χ2n) is 16.0. The molecule has 308 valence electrons. The number of hydrogen-bond acceptors (Lipinski definition) is 2. The van der Waals surface area contributed by atoms with Gasteiger partial charge in [-0.25, -0.2) is 0 Å². The van der Waals surface area contributed by atoms with Gasteiger partial charge in [0.2, 0.25) is 0 Å². The van der Waals surface area contributed by atoms with Gasteiger partial charge in [0, 0.05) is 46.1 Å². The molecule has 4 aromatic rings. The van der Waals surface area contributed by atoms with Crippen molar-refractivity contribution in [1.82, 2.24) is 9.88 Å². The van der Waals surface area contributed by atoms with Gasteiger partial charge >= 0.3 is 0 Å². The summed E-state index contributed by atoms with van der Waals surface area (Å²) < 4.78 is 2.60. The van der Waals surface area contributed by atoms with Gasteiger partial charge in [-0.3, -0.25) is 0 Å². The van der Waals surface area contributed by atoms with Gasteiger partial charge in [-0.15, -0.1) is 0 Å². The zero-order valence-corrected chi connectivity index (χ0v) is 38.7. The molecule has 1 heterocycles. The molecule has 1 atom stereocenters. The lowest BCUT2D eigenvalue weighted by Gasteiger charge is -2.30. The van der Waals surface area contributed by atoms with Crippen molar-refractivity contribution in [3.05, 3.63) is 189 Å². The third-order valence-corrected chi connectivity index (χ3v) is 12.5. The normalized spacial score (nSPS) is 17.0. The van der Waals surface area contributed by atoms with Crippen LogP contribution in [0.25, 0.3) is 34.9 Å². The molecule has 2 nitrogen and oxygen atoms in total. The molecule has 0 amide bonds. The number of benzene rings is 3. The van der Waals surface area contributed by atoms with E-state index in [-0.39, 0.29) is 16.9 Å². The fourth-order valence-corrected chi connectivity index (χ4v) is 9.91. The first kappa shape index (κ1) is 45.1. The highest BCUT2D eigenvalue weighted by Gasteiger charge is 2.39. The van der Waals surface area contributed by atoms with Crippen molar-refractivity contribution >= 4 is 36.4 Å². The van der Waals surface area contributed by atoms with E-state index in [1.165, 1.54) is 78.2 Å². The third-order valence-electron chi connectivity index (χ3n) is 12.5. The van der Waals surface area contributed by atoms with Crippen LogP contribution in [0.5, 0.6) is 0 Å². The Hall–Kier alpha value is -4.99. The smallest absolute Gasteiger partial charge is 0.0986 e. The maximum Gasteiger partial charge on any atom is 0.0986 e. The van der Waals surface area contributed by atoms with E-state index < -0.39 is 0 Å². The highest BCUT2D eigenvalue weighted by Crippen LogP contribution is 2.53. The third kappa shape index (κ3) is 7.92. The topological polar surface area (TPSA) is 17.0 Å². The van der Waals surface area contributed by atoms with Crippen LogP contribution in [0.3, 0.4) is 0 Å². The zero-order valence-electron chi connectivity index (χ0n) is 37.8. The van der Waals surface area contributed by atoms with Gasteiger partial charge in [-0.05, 0) is 113 Å². The molecule has 1 N–H and O–H groups in total. The second kappa shape index (κ2) is 19.4. The van der Waals surface area contributed by atoms with Gasteiger partial charge in [0.15, 0.2) is 0 Å². The number of hydrogen-bond donors (Lipinski definition) is 2. The van der Waals surface area contributed by atoms with Crippen LogP contribution in [0.1, 0.15) is 138 Å². The van der Waals surface area contributed by atoms with Crippen molar-refractivity contribution < 1.29 is 0 Å². The van der Waals surface area contributed by atoms with E-state index in [2.05, 4.69) is 180 Å². The molecule has 8 rings (SSSR count). The first-order chi connectivity index (χ1) is 28.6. The maximum absolute atomic E-state index is 4.41. The standard InChI is InChI=1S/C51H52N2.2C2H6.CH4S/c1-9-12-13-23-46(52-8)49(35-24-27-39-37-19-14-16-21-42(37)51(6,7)45(39)32-35)53-47(18-10-2)36(11-3)41-31-34(26-29-48(41)53)33-25-28-44-40(30-33)38-20-15-17-22-43(38)50(44,4)5;3*1-2/h9-24,27,30-32,49,52H,1,3,25-26,28-29H2,2,4-8H3;2*1-2H3;2H,1H3/b13-12-,18-10-,46-23+;;;. The van der Waals surface area contributed by atoms with Crippen LogP contribution in [0.2, 0.25) is 0 Å². The second-order valence-corrected chi connectivity index (χ2v) is 16.0. The molecule has 4 aliphatic rings. The van der Waals surface area contributed by atoms with Crippen molar-refractivity contribution in [2.45, 2.75) is 105 Å². The van der Waals surface area contributed by atoms with E-state index >= 15 is 0 Å². The van der Waals surface area contributed by atoms with Crippen molar-refractivity contribution in [3.8, 4) is 11.1 Å². The van der Waals surface area contributed by atoms with Gasteiger partial charge < -0.3 is 9.88 Å². The monoisotopic (exact) mass is 801 g/mol. The highest BCUT2D eigenvalue weighted by molar-refractivity contribution is 7.79.